The second-order valence-corrected chi connectivity index (χ2v) is 11.6. The average molecular weight is 522 g/mol. The van der Waals surface area contributed by atoms with Gasteiger partial charge in [0.25, 0.3) is 0 Å². The Morgan fingerprint density at radius 1 is 1.23 bits per heavy atom. The number of rotatable bonds is 5. The van der Waals surface area contributed by atoms with Crippen LogP contribution < -0.4 is 8.43 Å². The van der Waals surface area contributed by atoms with Gasteiger partial charge < -0.3 is 0 Å². The number of benzene rings is 1. The number of allylic oxidation sites excluding steroid dienone is 1. The van der Waals surface area contributed by atoms with Crippen LogP contribution in [0, 0.1) is 5.82 Å². The fourth-order valence-electron chi connectivity index (χ4n) is 3.69. The zero-order valence-corrected chi connectivity index (χ0v) is 19.4. The summed E-state index contributed by atoms with van der Waals surface area (Å²) in [7, 11) is 0. The maximum atomic E-state index is 13.5. The average Bonchev–Trinajstić information content (AvgIpc) is 3.00. The summed E-state index contributed by atoms with van der Waals surface area (Å²) in [6, 6.07) is 6.68. The van der Waals surface area contributed by atoms with Crippen LogP contribution in [0.4, 0.5) is 10.1 Å². The number of hydrogen-bond acceptors (Lipinski definition) is 6. The monoisotopic (exact) mass is 522 g/mol. The van der Waals surface area contributed by atoms with Gasteiger partial charge in [-0.2, -0.15) is 0 Å². The molecule has 1 aromatic carbocycles. The summed E-state index contributed by atoms with van der Waals surface area (Å²) in [5, 5.41) is 3.45. The van der Waals surface area contributed by atoms with E-state index in [0.29, 0.717) is 0 Å². The summed E-state index contributed by atoms with van der Waals surface area (Å²) in [5.74, 6) is 0.714. The Labute approximate surface area is 185 Å². The zero-order chi connectivity index (χ0) is 20.8. The van der Waals surface area contributed by atoms with Crippen LogP contribution in [0.5, 0.6) is 0 Å². The Kier molecular flexibility index (Phi) is 7.40. The van der Waals surface area contributed by atoms with Crippen LogP contribution in [0.3, 0.4) is 0 Å². The molecule has 3 aliphatic rings. The van der Waals surface area contributed by atoms with Gasteiger partial charge in [-0.3, -0.25) is 0 Å². The molecule has 1 aromatic rings. The third kappa shape index (κ3) is 5.04. The fourth-order valence-corrected chi connectivity index (χ4v) is 7.70. The molecular formula is C22H28FIN6. The topological polar surface area (TPSA) is 55.6 Å². The minimum atomic E-state index is -1.81. The number of amidine groups is 1. The molecule has 1 saturated heterocycles. The molecule has 6 nitrogen and oxygen atoms in total. The minimum absolute atomic E-state index is 0.209. The molecule has 4 rings (SSSR count). The van der Waals surface area contributed by atoms with Crippen LogP contribution in [-0.4, -0.2) is 58.1 Å². The second kappa shape index (κ2) is 10.4. The van der Waals surface area contributed by atoms with Crippen molar-refractivity contribution < 1.29 is 4.39 Å². The standard InChI is InChI=1S/C22H28FIN6/c1-2-10-26-16-24-17-28-22(30(24)20-7-5-19(23)6-8-20)18-4-9-21(27-15-18)29-13-3-11-25-12-14-29/h2,4-8,10,15-16,21,25H,3,9,11-14,17H2,1H3/b10-2-,26-16?. The second-order valence-electron chi connectivity index (χ2n) is 7.25. The Morgan fingerprint density at radius 3 is 2.87 bits per heavy atom. The Morgan fingerprint density at radius 2 is 2.10 bits per heavy atom. The molecule has 0 aliphatic carbocycles. The summed E-state index contributed by atoms with van der Waals surface area (Å²) < 4.78 is 18.6. The van der Waals surface area contributed by atoms with Crippen LogP contribution in [0.2, 0.25) is 0 Å². The predicted octanol–water partition coefficient (Wildman–Crippen LogP) is 4.01. The van der Waals surface area contributed by atoms with E-state index >= 15 is 0 Å². The van der Waals surface area contributed by atoms with Gasteiger partial charge in [0.15, 0.2) is 0 Å². The molecule has 1 unspecified atom stereocenters. The molecule has 8 heteroatoms. The number of nitrogens with one attached hydrogen (secondary N) is 1. The van der Waals surface area contributed by atoms with E-state index in [1.54, 1.807) is 6.20 Å². The third-order valence-corrected chi connectivity index (χ3v) is 9.44. The van der Waals surface area contributed by atoms with Crippen molar-refractivity contribution in [1.29, 1.82) is 0 Å². The maximum absolute atomic E-state index is 13.5. The number of alkyl halides is 1. The zero-order valence-electron chi connectivity index (χ0n) is 17.2. The van der Waals surface area contributed by atoms with Gasteiger partial charge in [-0.1, -0.05) is 0 Å². The third-order valence-electron chi connectivity index (χ3n) is 5.18. The van der Waals surface area contributed by atoms with Crippen molar-refractivity contribution in [3.63, 3.8) is 0 Å². The van der Waals surface area contributed by atoms with Crippen molar-refractivity contribution in [2.24, 2.45) is 15.0 Å². The van der Waals surface area contributed by atoms with E-state index in [9.17, 15) is 4.39 Å². The van der Waals surface area contributed by atoms with E-state index in [1.165, 1.54) is 12.1 Å². The molecule has 0 spiro atoms. The molecule has 1 fully saturated rings. The number of halogens is 2. The first-order valence-electron chi connectivity index (χ1n) is 10.3. The normalized spacial score (nSPS) is 24.5. The van der Waals surface area contributed by atoms with Crippen molar-refractivity contribution in [2.75, 3.05) is 33.8 Å². The molecule has 160 valence electrons. The molecule has 0 amide bonds. The van der Waals surface area contributed by atoms with Crippen LogP contribution >= 0.6 is 20.1 Å². The molecular weight excluding hydrogens is 494 g/mol. The molecule has 0 saturated carbocycles. The van der Waals surface area contributed by atoms with Crippen LogP contribution in [-0.2, 0) is 0 Å². The first kappa shape index (κ1) is 21.3. The van der Waals surface area contributed by atoms with Crippen molar-refractivity contribution in [3.05, 3.63) is 54.0 Å². The molecule has 3 heterocycles. The molecule has 0 aromatic heterocycles. The number of nitrogens with zero attached hydrogens (tertiary/aromatic N) is 5. The van der Waals surface area contributed by atoms with Gasteiger partial charge in [-0.05, 0) is 0 Å². The number of aliphatic imine (C=N–C) groups is 3. The van der Waals surface area contributed by atoms with Crippen molar-refractivity contribution in [1.82, 2.24) is 10.2 Å². The van der Waals surface area contributed by atoms with Crippen LogP contribution in [0.25, 0.3) is 0 Å². The van der Waals surface area contributed by atoms with Crippen LogP contribution in [0.15, 0.2) is 63.2 Å². The summed E-state index contributed by atoms with van der Waals surface area (Å²) in [5.41, 5.74) is 2.03. The van der Waals surface area contributed by atoms with Gasteiger partial charge in [0.2, 0.25) is 0 Å². The Balaban J connectivity index is 1.53. The van der Waals surface area contributed by atoms with Gasteiger partial charge in [0.05, 0.1) is 0 Å². The summed E-state index contributed by atoms with van der Waals surface area (Å²) in [6.45, 7) is 6.17. The van der Waals surface area contributed by atoms with Crippen molar-refractivity contribution in [2.45, 2.75) is 25.9 Å². The van der Waals surface area contributed by atoms with Gasteiger partial charge in [0.1, 0.15) is 0 Å². The molecule has 3 aliphatic heterocycles. The summed E-state index contributed by atoms with van der Waals surface area (Å²) in [6.07, 6.45) is 10.2. The predicted molar refractivity (Wildman–Crippen MR) is 133 cm³/mol. The SMILES string of the molecule is C/C=C\N=CI1CN=C(C2=CCC(N3CCCNCC3)N=C2)N1c1ccc(F)cc1. The number of dihydropyridines is 1. The van der Waals surface area contributed by atoms with E-state index < -0.39 is 20.1 Å². The summed E-state index contributed by atoms with van der Waals surface area (Å²) in [4.78, 5) is 16.6. The van der Waals surface area contributed by atoms with Crippen LogP contribution in [0.1, 0.15) is 19.8 Å². The van der Waals surface area contributed by atoms with Gasteiger partial charge in [-0.15, -0.1) is 0 Å². The van der Waals surface area contributed by atoms with E-state index in [-0.39, 0.29) is 12.0 Å². The molecule has 0 bridgehead atoms. The fraction of sp³-hybridized carbons (Fsp3) is 0.409. The molecule has 0 radical (unpaired) electrons. The molecule has 1 atom stereocenters. The number of anilines is 1. The Hall–Kier alpha value is -1.91. The first-order chi connectivity index (χ1) is 14.8. The summed E-state index contributed by atoms with van der Waals surface area (Å²) >= 11 is -1.81. The van der Waals surface area contributed by atoms with Gasteiger partial charge in [-0.25, -0.2) is 0 Å². The van der Waals surface area contributed by atoms with E-state index in [0.717, 1.165) is 60.7 Å². The van der Waals surface area contributed by atoms with E-state index in [1.807, 2.05) is 31.3 Å². The Bertz CT molecular complexity index is 868. The molecule has 1 N–H and O–H groups in total. The van der Waals surface area contributed by atoms with Gasteiger partial charge >= 0.3 is 185 Å². The quantitative estimate of drug-likeness (QED) is 0.209. The van der Waals surface area contributed by atoms with Gasteiger partial charge in [0, 0.05) is 0 Å². The van der Waals surface area contributed by atoms with E-state index in [2.05, 4.69) is 28.6 Å². The first-order valence-corrected chi connectivity index (χ1v) is 14.1. The van der Waals surface area contributed by atoms with Crippen molar-refractivity contribution in [3.8, 4) is 0 Å². The van der Waals surface area contributed by atoms with E-state index in [4.69, 9.17) is 9.98 Å². The number of hydrogen-bond donors (Lipinski definition) is 1. The molecule has 30 heavy (non-hydrogen) atoms. The van der Waals surface area contributed by atoms with Crippen molar-refractivity contribution >= 4 is 42.1 Å².